The van der Waals surface area contributed by atoms with Crippen molar-refractivity contribution in [1.82, 2.24) is 5.32 Å². The summed E-state index contributed by atoms with van der Waals surface area (Å²) in [6, 6.07) is 11.0. The second-order valence-electron chi connectivity index (χ2n) is 6.81. The molecule has 0 saturated carbocycles. The van der Waals surface area contributed by atoms with Crippen LogP contribution in [0.5, 0.6) is 5.75 Å². The van der Waals surface area contributed by atoms with Crippen LogP contribution in [-0.2, 0) is 23.5 Å². The summed E-state index contributed by atoms with van der Waals surface area (Å²) < 4.78 is 28.3. The van der Waals surface area contributed by atoms with E-state index in [-0.39, 0.29) is 10.7 Å². The minimum atomic E-state index is -2.78. The molecule has 0 aromatic heterocycles. The third-order valence-electron chi connectivity index (χ3n) is 4.82. The van der Waals surface area contributed by atoms with Crippen molar-refractivity contribution in [3.05, 3.63) is 58.1 Å². The summed E-state index contributed by atoms with van der Waals surface area (Å²) in [5.41, 5.74) is 2.39. The molecule has 0 atom stereocenters. The van der Waals surface area contributed by atoms with Crippen molar-refractivity contribution >= 4 is 28.1 Å². The predicted molar refractivity (Wildman–Crippen MR) is 110 cm³/mol. The van der Waals surface area contributed by atoms with Crippen molar-refractivity contribution in [3.8, 4) is 5.75 Å². The van der Waals surface area contributed by atoms with Crippen LogP contribution in [0.15, 0.2) is 41.3 Å². The van der Waals surface area contributed by atoms with Crippen LogP contribution in [0.1, 0.15) is 40.7 Å². The Morgan fingerprint density at radius 3 is 2.75 bits per heavy atom. The fraction of sp³-hybridized carbons (Fsp3) is 0.381. The number of Topliss-reactive ketones (excluding diaryl/α,β-unsaturated/α-hetero) is 1. The Balaban J connectivity index is 1.41. The maximum absolute atomic E-state index is 12.5. The number of rotatable bonds is 10. The molecule has 28 heavy (non-hydrogen) atoms. The lowest BCUT2D eigenvalue weighted by molar-refractivity contribution is 0.0979. The van der Waals surface area contributed by atoms with Gasteiger partial charge in [-0.05, 0) is 61.7 Å². The number of fused-ring (bicyclic) bond motifs is 1. The molecule has 7 heteroatoms. The minimum absolute atomic E-state index is 0.0242. The molecule has 2 aromatic carbocycles. The van der Waals surface area contributed by atoms with Crippen LogP contribution in [0, 0.1) is 0 Å². The van der Waals surface area contributed by atoms with Crippen LogP contribution in [0.4, 0.5) is 0 Å². The number of benzene rings is 2. The van der Waals surface area contributed by atoms with E-state index in [1.54, 1.807) is 6.07 Å². The topological polar surface area (TPSA) is 72.5 Å². The number of ketones is 1. The van der Waals surface area contributed by atoms with E-state index in [1.807, 2.05) is 24.3 Å². The van der Waals surface area contributed by atoms with Gasteiger partial charge >= 0.3 is 0 Å². The Morgan fingerprint density at radius 1 is 1.14 bits per heavy atom. The second-order valence-corrected chi connectivity index (χ2v) is 8.21. The highest BCUT2D eigenvalue weighted by molar-refractivity contribution is 7.72. The molecule has 150 valence electrons. The van der Waals surface area contributed by atoms with Crippen LogP contribution in [0.25, 0.3) is 0 Å². The smallest absolute Gasteiger partial charge is 0.171 e. The first-order valence-corrected chi connectivity index (χ1v) is 11.0. The molecule has 0 saturated heterocycles. The van der Waals surface area contributed by atoms with Crippen LogP contribution in [-0.4, -0.2) is 33.9 Å². The van der Waals surface area contributed by atoms with Gasteiger partial charge in [0.2, 0.25) is 0 Å². The molecule has 2 aromatic rings. The van der Waals surface area contributed by atoms with E-state index in [1.165, 1.54) is 6.07 Å². The quantitative estimate of drug-likeness (QED) is 0.349. The van der Waals surface area contributed by atoms with Crippen molar-refractivity contribution in [2.24, 2.45) is 0 Å². The number of hydrogen-bond acceptors (Lipinski definition) is 5. The normalized spacial score (nSPS) is 12.8. The summed E-state index contributed by atoms with van der Waals surface area (Å²) in [4.78, 5) is 12.6. The number of thiol groups is 1. The van der Waals surface area contributed by atoms with Gasteiger partial charge in [0, 0.05) is 23.4 Å². The van der Waals surface area contributed by atoms with Crippen molar-refractivity contribution in [1.29, 1.82) is 0 Å². The lowest BCUT2D eigenvalue weighted by atomic mass is 10.0. The third kappa shape index (κ3) is 5.34. The monoisotopic (exact) mass is 421 g/mol. The lowest BCUT2D eigenvalue weighted by Crippen LogP contribution is -2.18. The maximum atomic E-state index is 12.5. The number of hydrogen-bond donors (Lipinski definition) is 2. The fourth-order valence-electron chi connectivity index (χ4n) is 3.31. The molecule has 0 radical (unpaired) electrons. The van der Waals surface area contributed by atoms with Crippen molar-refractivity contribution in [2.45, 2.75) is 37.0 Å². The molecule has 0 fully saturated rings. The highest BCUT2D eigenvalue weighted by Crippen LogP contribution is 2.32. The van der Waals surface area contributed by atoms with E-state index in [4.69, 9.17) is 16.3 Å². The number of unbranched alkanes of at least 4 members (excludes halogenated alkanes) is 1. The van der Waals surface area contributed by atoms with Crippen LogP contribution >= 0.6 is 11.6 Å². The first-order valence-electron chi connectivity index (χ1n) is 9.47. The van der Waals surface area contributed by atoms with E-state index in [2.05, 4.69) is 5.32 Å². The summed E-state index contributed by atoms with van der Waals surface area (Å²) in [7, 11) is -2.78. The van der Waals surface area contributed by atoms with Crippen LogP contribution in [0.3, 0.4) is 0 Å². The summed E-state index contributed by atoms with van der Waals surface area (Å²) in [5, 5.41) is 4.15. The Hall–Kier alpha value is -1.89. The molecule has 0 unspecified atom stereocenters. The summed E-state index contributed by atoms with van der Waals surface area (Å²) in [6.07, 6.45) is 3.55. The fourth-order valence-corrected chi connectivity index (χ4v) is 4.16. The van der Waals surface area contributed by atoms with Gasteiger partial charge in [-0.15, -0.1) is 0 Å². The zero-order chi connectivity index (χ0) is 19.9. The van der Waals surface area contributed by atoms with E-state index in [9.17, 15) is 13.2 Å². The summed E-state index contributed by atoms with van der Waals surface area (Å²) in [5.74, 6) is 0.388. The highest BCUT2D eigenvalue weighted by Gasteiger charge is 2.21. The number of ether oxygens (including phenoxy) is 1. The van der Waals surface area contributed by atoms with Gasteiger partial charge in [-0.1, -0.05) is 29.8 Å². The van der Waals surface area contributed by atoms with Gasteiger partial charge in [0.05, 0.1) is 6.61 Å². The second kappa shape index (κ2) is 10.0. The van der Waals surface area contributed by atoms with E-state index >= 15 is 0 Å². The lowest BCUT2D eigenvalue weighted by Gasteiger charge is -2.08. The summed E-state index contributed by atoms with van der Waals surface area (Å²) in [6.45, 7) is 2.12. The van der Waals surface area contributed by atoms with E-state index in [0.717, 1.165) is 48.5 Å². The Labute approximate surface area is 172 Å². The zero-order valence-corrected chi connectivity index (χ0v) is 17.2. The largest absolute Gasteiger partial charge is 0.492 e. The standard InChI is InChI=1S/C21H24ClNO4S/c22-18-6-2-1-5-15(18)8-11-23-10-4-3-7-19(24)17-13-16-9-12-27-21(16)20(14-17)28(25)26/h1-2,5-6,13-14,23,28H,3-4,7-12H2. The maximum Gasteiger partial charge on any atom is 0.171 e. The average Bonchev–Trinajstić information content (AvgIpc) is 3.16. The molecule has 1 N–H and O–H groups in total. The zero-order valence-electron chi connectivity index (χ0n) is 15.6. The molecule has 0 bridgehead atoms. The number of carbonyl (C=O) groups is 1. The van der Waals surface area contributed by atoms with Gasteiger partial charge < -0.3 is 10.1 Å². The highest BCUT2D eigenvalue weighted by atomic mass is 35.5. The number of carbonyl (C=O) groups excluding carboxylic acids is 1. The predicted octanol–water partition coefficient (Wildman–Crippen LogP) is 3.43. The van der Waals surface area contributed by atoms with Crippen LogP contribution in [0.2, 0.25) is 5.02 Å². The molecule has 5 nitrogen and oxygen atoms in total. The van der Waals surface area contributed by atoms with Crippen LogP contribution < -0.4 is 10.1 Å². The van der Waals surface area contributed by atoms with Gasteiger partial charge in [0.25, 0.3) is 0 Å². The van der Waals surface area contributed by atoms with Gasteiger partial charge in [0.1, 0.15) is 10.6 Å². The van der Waals surface area contributed by atoms with Gasteiger partial charge in [0.15, 0.2) is 16.5 Å². The van der Waals surface area contributed by atoms with Crippen molar-refractivity contribution in [2.75, 3.05) is 19.7 Å². The molecular formula is C21H24ClNO4S. The molecule has 0 aliphatic carbocycles. The summed E-state index contributed by atoms with van der Waals surface area (Å²) >= 11 is 6.13. The molecule has 0 spiro atoms. The van der Waals surface area contributed by atoms with E-state index < -0.39 is 10.7 Å². The minimum Gasteiger partial charge on any atom is -0.492 e. The first-order chi connectivity index (χ1) is 13.6. The Morgan fingerprint density at radius 2 is 1.96 bits per heavy atom. The van der Waals surface area contributed by atoms with Gasteiger partial charge in [-0.2, -0.15) is 0 Å². The molecule has 3 rings (SSSR count). The third-order valence-corrected chi connectivity index (χ3v) is 5.91. The van der Waals surface area contributed by atoms with E-state index in [0.29, 0.717) is 30.8 Å². The van der Waals surface area contributed by atoms with Gasteiger partial charge in [-0.25, -0.2) is 8.42 Å². The molecule has 1 heterocycles. The molecule has 0 amide bonds. The molecule has 1 aliphatic heterocycles. The van der Waals surface area contributed by atoms with Crippen molar-refractivity contribution in [3.63, 3.8) is 0 Å². The Bertz CT molecular complexity index is 919. The average molecular weight is 422 g/mol. The first kappa shape index (κ1) is 20.8. The van der Waals surface area contributed by atoms with Crippen molar-refractivity contribution < 1.29 is 17.9 Å². The Kier molecular flexibility index (Phi) is 7.48. The number of nitrogens with one attached hydrogen (secondary N) is 1. The van der Waals surface area contributed by atoms with Gasteiger partial charge in [-0.3, -0.25) is 4.79 Å². The SMILES string of the molecule is O=C(CCCCNCCc1ccccc1Cl)c1cc2c(c([SH](=O)=O)c1)OCC2. The molecular weight excluding hydrogens is 398 g/mol. The molecule has 1 aliphatic rings. The number of halogens is 1.